The third kappa shape index (κ3) is 4.12. The smallest absolute Gasteiger partial charge is 0.267 e. The van der Waals surface area contributed by atoms with Gasteiger partial charge >= 0.3 is 0 Å². The number of non-ortho nitro benzene ring substituents is 1. The van der Waals surface area contributed by atoms with Gasteiger partial charge in [-0.25, -0.2) is 5.43 Å². The number of hydrazone groups is 1. The van der Waals surface area contributed by atoms with Gasteiger partial charge in [0.2, 0.25) is 0 Å². The van der Waals surface area contributed by atoms with Crippen LogP contribution in [0.15, 0.2) is 53.6 Å². The van der Waals surface area contributed by atoms with Crippen LogP contribution in [0.2, 0.25) is 5.02 Å². The van der Waals surface area contributed by atoms with Crippen molar-refractivity contribution in [3.63, 3.8) is 0 Å². The number of hydrogen-bond donors (Lipinski definition) is 1. The number of hydrogen-bond acceptors (Lipinski definition) is 4. The summed E-state index contributed by atoms with van der Waals surface area (Å²) >= 11 is 5.82. The van der Waals surface area contributed by atoms with Crippen molar-refractivity contribution in [3.05, 3.63) is 74.8 Å². The van der Waals surface area contributed by atoms with Crippen molar-refractivity contribution >= 4 is 29.4 Å². The van der Waals surface area contributed by atoms with E-state index >= 15 is 0 Å². The Balaban J connectivity index is 2.00. The number of carbonyl (C=O) groups excluding carboxylic acids is 1. The molecule has 0 unspecified atom stereocenters. The molecule has 0 heterocycles. The van der Waals surface area contributed by atoms with Crippen LogP contribution >= 0.6 is 11.6 Å². The highest BCUT2D eigenvalue weighted by atomic mass is 35.5. The molecule has 2 aromatic rings. The number of amides is 1. The van der Waals surface area contributed by atoms with Gasteiger partial charge in [0.25, 0.3) is 11.6 Å². The zero-order chi connectivity index (χ0) is 15.2. The van der Waals surface area contributed by atoms with Crippen LogP contribution in [0.3, 0.4) is 0 Å². The van der Waals surface area contributed by atoms with Crippen molar-refractivity contribution in [1.82, 2.24) is 5.43 Å². The number of benzene rings is 2. The predicted octanol–water partition coefficient (Wildman–Crippen LogP) is 3.01. The van der Waals surface area contributed by atoms with Crippen LogP contribution in [0, 0.1) is 10.1 Å². The van der Waals surface area contributed by atoms with Crippen LogP contribution in [0.1, 0.15) is 15.9 Å². The summed E-state index contributed by atoms with van der Waals surface area (Å²) in [5.41, 5.74) is 3.28. The fourth-order valence-corrected chi connectivity index (χ4v) is 1.75. The molecule has 0 fully saturated rings. The second kappa shape index (κ2) is 6.62. The van der Waals surface area contributed by atoms with E-state index in [9.17, 15) is 14.9 Å². The van der Waals surface area contributed by atoms with Crippen LogP contribution < -0.4 is 5.43 Å². The van der Waals surface area contributed by atoms with Crippen molar-refractivity contribution in [2.45, 2.75) is 0 Å². The molecule has 0 radical (unpaired) electrons. The van der Waals surface area contributed by atoms with Gasteiger partial charge in [-0.2, -0.15) is 5.10 Å². The predicted molar refractivity (Wildman–Crippen MR) is 79.6 cm³/mol. The molecule has 7 heteroatoms. The molecular formula is C14H10ClN3O3. The summed E-state index contributed by atoms with van der Waals surface area (Å²) in [4.78, 5) is 21.7. The fraction of sp³-hybridized carbons (Fsp3) is 0. The van der Waals surface area contributed by atoms with Crippen LogP contribution in [-0.2, 0) is 0 Å². The summed E-state index contributed by atoms with van der Waals surface area (Å²) in [7, 11) is 0. The highest BCUT2D eigenvalue weighted by molar-refractivity contribution is 6.30. The summed E-state index contributed by atoms with van der Waals surface area (Å²) in [6.07, 6.45) is 1.45. The quantitative estimate of drug-likeness (QED) is 0.535. The monoisotopic (exact) mass is 303 g/mol. The summed E-state index contributed by atoms with van der Waals surface area (Å²) < 4.78 is 0. The first-order valence-corrected chi connectivity index (χ1v) is 6.27. The first kappa shape index (κ1) is 14.7. The van der Waals surface area contributed by atoms with Crippen molar-refractivity contribution < 1.29 is 9.72 Å². The molecule has 2 aromatic carbocycles. The average Bonchev–Trinajstić information content (AvgIpc) is 2.47. The van der Waals surface area contributed by atoms with Gasteiger partial charge in [0.05, 0.1) is 11.1 Å². The van der Waals surface area contributed by atoms with Crippen LogP contribution in [0.25, 0.3) is 0 Å². The van der Waals surface area contributed by atoms with E-state index in [-0.39, 0.29) is 11.3 Å². The van der Waals surface area contributed by atoms with Crippen LogP contribution in [0.4, 0.5) is 5.69 Å². The Morgan fingerprint density at radius 1 is 1.24 bits per heavy atom. The van der Waals surface area contributed by atoms with Gasteiger partial charge in [0.1, 0.15) is 0 Å². The first-order chi connectivity index (χ1) is 10.1. The molecule has 1 N–H and O–H groups in total. The van der Waals surface area contributed by atoms with E-state index in [0.717, 1.165) is 5.56 Å². The maximum Gasteiger partial charge on any atom is 0.271 e. The highest BCUT2D eigenvalue weighted by Crippen LogP contribution is 2.12. The molecule has 0 aliphatic heterocycles. The van der Waals surface area contributed by atoms with E-state index in [1.165, 1.54) is 30.5 Å². The molecule has 0 saturated heterocycles. The molecule has 0 aliphatic carbocycles. The maximum atomic E-state index is 11.8. The maximum absolute atomic E-state index is 11.8. The third-order valence-electron chi connectivity index (χ3n) is 2.57. The standard InChI is InChI=1S/C14H10ClN3O3/c15-12-3-1-2-10(8-12)9-16-17-14(19)11-4-6-13(7-5-11)18(20)21/h1-9H,(H,17,19). The van der Waals surface area contributed by atoms with Gasteiger partial charge in [-0.15, -0.1) is 0 Å². The lowest BCUT2D eigenvalue weighted by atomic mass is 10.2. The second-order valence-corrected chi connectivity index (χ2v) is 4.49. The van der Waals surface area contributed by atoms with Crippen molar-refractivity contribution in [1.29, 1.82) is 0 Å². The number of nitro benzene ring substituents is 1. The molecule has 2 rings (SSSR count). The van der Waals surface area contributed by atoms with Gasteiger partial charge in [-0.3, -0.25) is 14.9 Å². The first-order valence-electron chi connectivity index (χ1n) is 5.90. The Morgan fingerprint density at radius 3 is 2.57 bits per heavy atom. The van der Waals surface area contributed by atoms with E-state index in [1.807, 2.05) is 0 Å². The molecule has 0 aliphatic rings. The van der Waals surface area contributed by atoms with E-state index in [4.69, 9.17) is 11.6 Å². The van der Waals surface area contributed by atoms with Gasteiger partial charge in [0, 0.05) is 22.7 Å². The molecule has 0 atom stereocenters. The van der Waals surface area contributed by atoms with Crippen molar-refractivity contribution in [2.24, 2.45) is 5.10 Å². The molecular weight excluding hydrogens is 294 g/mol. The molecule has 0 aromatic heterocycles. The molecule has 0 bridgehead atoms. The Hall–Kier alpha value is -2.73. The molecule has 0 spiro atoms. The minimum absolute atomic E-state index is 0.0750. The number of carbonyl (C=O) groups is 1. The van der Waals surface area contributed by atoms with Gasteiger partial charge in [-0.05, 0) is 29.8 Å². The van der Waals surface area contributed by atoms with Crippen LogP contribution in [-0.4, -0.2) is 17.0 Å². The van der Waals surface area contributed by atoms with Crippen molar-refractivity contribution in [3.8, 4) is 0 Å². The number of nitrogens with one attached hydrogen (secondary N) is 1. The minimum Gasteiger partial charge on any atom is -0.267 e. The SMILES string of the molecule is O=C(NN=Cc1cccc(Cl)c1)c1ccc([N+](=O)[O-])cc1. The highest BCUT2D eigenvalue weighted by Gasteiger charge is 2.08. The Kier molecular flexibility index (Phi) is 4.63. The van der Waals surface area contributed by atoms with E-state index in [2.05, 4.69) is 10.5 Å². The minimum atomic E-state index is -0.529. The Bertz CT molecular complexity index is 699. The lowest BCUT2D eigenvalue weighted by Gasteiger charge is -1.99. The van der Waals surface area contributed by atoms with E-state index < -0.39 is 10.8 Å². The summed E-state index contributed by atoms with van der Waals surface area (Å²) in [6.45, 7) is 0. The molecule has 1 amide bonds. The van der Waals surface area contributed by atoms with Crippen molar-refractivity contribution in [2.75, 3.05) is 0 Å². The summed E-state index contributed by atoms with van der Waals surface area (Å²) in [6, 6.07) is 12.2. The lowest BCUT2D eigenvalue weighted by Crippen LogP contribution is -2.17. The van der Waals surface area contributed by atoms with Gasteiger partial charge < -0.3 is 0 Å². The molecule has 0 saturated carbocycles. The average molecular weight is 304 g/mol. The zero-order valence-electron chi connectivity index (χ0n) is 10.7. The largest absolute Gasteiger partial charge is 0.271 e. The van der Waals surface area contributed by atoms with Gasteiger partial charge in [0.15, 0.2) is 0 Å². The van der Waals surface area contributed by atoms with Crippen LogP contribution in [0.5, 0.6) is 0 Å². The second-order valence-electron chi connectivity index (χ2n) is 4.06. The normalized spacial score (nSPS) is 10.5. The van der Waals surface area contributed by atoms with Gasteiger partial charge in [-0.1, -0.05) is 23.7 Å². The summed E-state index contributed by atoms with van der Waals surface area (Å²) in [5.74, 6) is -0.455. The fourth-order valence-electron chi connectivity index (χ4n) is 1.55. The molecule has 106 valence electrons. The topological polar surface area (TPSA) is 84.6 Å². The third-order valence-corrected chi connectivity index (χ3v) is 2.80. The Labute approximate surface area is 125 Å². The van der Waals surface area contributed by atoms with E-state index in [1.54, 1.807) is 24.3 Å². The lowest BCUT2D eigenvalue weighted by molar-refractivity contribution is -0.384. The zero-order valence-corrected chi connectivity index (χ0v) is 11.4. The molecule has 21 heavy (non-hydrogen) atoms. The number of nitrogens with zero attached hydrogens (tertiary/aromatic N) is 2. The number of halogens is 1. The molecule has 6 nitrogen and oxygen atoms in total. The number of rotatable bonds is 4. The van der Waals surface area contributed by atoms with E-state index in [0.29, 0.717) is 5.02 Å². The Morgan fingerprint density at radius 2 is 1.95 bits per heavy atom. The number of nitro groups is 1. The summed E-state index contributed by atoms with van der Waals surface area (Å²) in [5, 5.41) is 14.9.